The van der Waals surface area contributed by atoms with E-state index in [9.17, 15) is 4.57 Å². The Morgan fingerprint density at radius 1 is 0.815 bits per heavy atom. The largest absolute Gasteiger partial charge is 0.530 e. The predicted molar refractivity (Wildman–Crippen MR) is 103 cm³/mol. The van der Waals surface area contributed by atoms with E-state index in [-0.39, 0.29) is 19.0 Å². The number of hydrogen-bond acceptors (Lipinski definition) is 7. The molecule has 0 unspecified atom stereocenters. The summed E-state index contributed by atoms with van der Waals surface area (Å²) in [6, 6.07) is 10.7. The third-order valence-corrected chi connectivity index (χ3v) is 5.22. The summed E-state index contributed by atoms with van der Waals surface area (Å²) in [6.07, 6.45) is 0. The van der Waals surface area contributed by atoms with E-state index in [1.165, 1.54) is 7.11 Å². The Kier molecular flexibility index (Phi) is 7.54. The van der Waals surface area contributed by atoms with Crippen molar-refractivity contribution in [3.05, 3.63) is 36.4 Å². The smallest absolute Gasteiger partial charge is 0.497 e. The molecule has 0 radical (unpaired) electrons. The highest BCUT2D eigenvalue weighted by molar-refractivity contribution is 7.48. The van der Waals surface area contributed by atoms with E-state index in [2.05, 4.69) is 0 Å². The first-order valence-electron chi connectivity index (χ1n) is 8.49. The van der Waals surface area contributed by atoms with Crippen LogP contribution in [0.15, 0.2) is 36.4 Å². The molecule has 0 saturated carbocycles. The van der Waals surface area contributed by atoms with E-state index in [4.69, 9.17) is 27.8 Å². The van der Waals surface area contributed by atoms with Gasteiger partial charge < -0.3 is 18.7 Å². The van der Waals surface area contributed by atoms with Crippen molar-refractivity contribution < 1.29 is 32.3 Å². The van der Waals surface area contributed by atoms with Crippen LogP contribution in [0.2, 0.25) is 0 Å². The molecule has 0 fully saturated rings. The molecule has 0 atom stereocenters. The quantitative estimate of drug-likeness (QED) is 0.527. The van der Waals surface area contributed by atoms with Gasteiger partial charge in [0.1, 0.15) is 11.5 Å². The third kappa shape index (κ3) is 5.16. The summed E-state index contributed by atoms with van der Waals surface area (Å²) >= 11 is 0. The van der Waals surface area contributed by atoms with Gasteiger partial charge in [-0.1, -0.05) is 12.1 Å². The number of rotatable bonds is 10. The lowest BCUT2D eigenvalue weighted by Crippen LogP contribution is -2.04. The topological polar surface area (TPSA) is 72.5 Å². The molecule has 0 saturated heterocycles. The van der Waals surface area contributed by atoms with Crippen molar-refractivity contribution in [2.24, 2.45) is 0 Å². The highest BCUT2D eigenvalue weighted by Gasteiger charge is 2.31. The molecule has 2 aromatic rings. The van der Waals surface area contributed by atoms with Gasteiger partial charge in [-0.25, -0.2) is 4.57 Å². The average Bonchev–Trinajstić information content (AvgIpc) is 2.68. The van der Waals surface area contributed by atoms with Crippen molar-refractivity contribution in [1.82, 2.24) is 0 Å². The summed E-state index contributed by atoms with van der Waals surface area (Å²) in [6.45, 7) is 3.77. The van der Waals surface area contributed by atoms with Gasteiger partial charge >= 0.3 is 7.82 Å². The van der Waals surface area contributed by atoms with Crippen LogP contribution in [0.3, 0.4) is 0 Å². The van der Waals surface area contributed by atoms with Gasteiger partial charge in [-0.05, 0) is 37.6 Å². The van der Waals surface area contributed by atoms with Crippen LogP contribution in [0.5, 0.6) is 23.0 Å². The molecule has 0 N–H and O–H groups in total. The second-order valence-electron chi connectivity index (χ2n) is 5.31. The van der Waals surface area contributed by atoms with E-state index < -0.39 is 7.82 Å². The average molecular weight is 396 g/mol. The van der Waals surface area contributed by atoms with Crippen LogP contribution < -0.4 is 18.7 Å². The Labute approximate surface area is 159 Å². The second-order valence-corrected chi connectivity index (χ2v) is 6.90. The summed E-state index contributed by atoms with van der Waals surface area (Å²) in [7, 11) is 0.828. The van der Waals surface area contributed by atoms with Crippen LogP contribution >= 0.6 is 7.82 Å². The van der Waals surface area contributed by atoms with Gasteiger partial charge in [-0.2, -0.15) is 0 Å². The van der Waals surface area contributed by atoms with Crippen molar-refractivity contribution in [3.63, 3.8) is 0 Å². The Hall–Kier alpha value is -2.21. The van der Waals surface area contributed by atoms with Gasteiger partial charge in [0.25, 0.3) is 0 Å². The molecule has 2 rings (SSSR count). The van der Waals surface area contributed by atoms with Gasteiger partial charge in [-0.15, -0.1) is 0 Å². The van der Waals surface area contributed by atoms with Gasteiger partial charge in [0, 0.05) is 11.6 Å². The van der Waals surface area contributed by atoms with Crippen molar-refractivity contribution in [1.29, 1.82) is 0 Å². The fourth-order valence-electron chi connectivity index (χ4n) is 2.44. The highest BCUT2D eigenvalue weighted by Crippen LogP contribution is 2.54. The molecule has 2 aromatic carbocycles. The molecular formula is C19H25O7P. The monoisotopic (exact) mass is 396 g/mol. The lowest BCUT2D eigenvalue weighted by atomic mass is 10.0. The van der Waals surface area contributed by atoms with Crippen LogP contribution in [0.4, 0.5) is 0 Å². The maximum Gasteiger partial charge on any atom is 0.530 e. The zero-order valence-electron chi connectivity index (χ0n) is 16.2. The van der Waals surface area contributed by atoms with Crippen molar-refractivity contribution >= 4 is 7.82 Å². The van der Waals surface area contributed by atoms with Crippen LogP contribution in [-0.4, -0.2) is 34.5 Å². The minimum atomic E-state index is -3.81. The second kappa shape index (κ2) is 9.65. The molecule has 0 spiro atoms. The third-order valence-electron chi connectivity index (χ3n) is 3.66. The normalized spacial score (nSPS) is 11.1. The van der Waals surface area contributed by atoms with E-state index >= 15 is 0 Å². The zero-order valence-corrected chi connectivity index (χ0v) is 17.1. The SMILES string of the molecule is CCOP(=O)(OCC)Oc1c(OC)cc(OC)cc1-c1ccc(OC)cc1. The summed E-state index contributed by atoms with van der Waals surface area (Å²) in [5.74, 6) is 1.87. The molecule has 0 heterocycles. The Morgan fingerprint density at radius 3 is 1.89 bits per heavy atom. The molecule has 27 heavy (non-hydrogen) atoms. The summed E-state index contributed by atoms with van der Waals surface area (Å²) < 4.78 is 45.2. The number of ether oxygens (including phenoxy) is 3. The molecule has 7 nitrogen and oxygen atoms in total. The van der Waals surface area contributed by atoms with Crippen LogP contribution in [-0.2, 0) is 13.6 Å². The first-order chi connectivity index (χ1) is 13.0. The standard InChI is InChI=1S/C19H25O7P/c1-6-24-27(20,25-7-2)26-19-17(12-16(22-4)13-18(19)23-5)14-8-10-15(21-3)11-9-14/h8-13H,6-7H2,1-5H3. The first-order valence-corrected chi connectivity index (χ1v) is 9.95. The molecule has 0 aliphatic heterocycles. The number of phosphoric acid groups is 1. The van der Waals surface area contributed by atoms with E-state index in [0.29, 0.717) is 22.8 Å². The van der Waals surface area contributed by atoms with Crippen LogP contribution in [0, 0.1) is 0 Å². The minimum Gasteiger partial charge on any atom is -0.497 e. The maximum atomic E-state index is 12.9. The number of phosphoric ester groups is 1. The van der Waals surface area contributed by atoms with Gasteiger partial charge in [0.15, 0.2) is 11.5 Å². The minimum absolute atomic E-state index is 0.174. The molecule has 0 bridgehead atoms. The molecular weight excluding hydrogens is 371 g/mol. The van der Waals surface area contributed by atoms with Crippen molar-refractivity contribution in [2.75, 3.05) is 34.5 Å². The maximum absolute atomic E-state index is 12.9. The van der Waals surface area contributed by atoms with Gasteiger partial charge in [0.05, 0.1) is 34.5 Å². The van der Waals surface area contributed by atoms with E-state index in [1.807, 2.05) is 24.3 Å². The molecule has 0 aromatic heterocycles. The lowest BCUT2D eigenvalue weighted by Gasteiger charge is -2.21. The summed E-state index contributed by atoms with van der Waals surface area (Å²) in [5, 5.41) is 0. The summed E-state index contributed by atoms with van der Waals surface area (Å²) in [5.41, 5.74) is 1.41. The summed E-state index contributed by atoms with van der Waals surface area (Å²) in [4.78, 5) is 0. The number of hydrogen-bond donors (Lipinski definition) is 0. The van der Waals surface area contributed by atoms with Crippen LogP contribution in [0.1, 0.15) is 13.8 Å². The Bertz CT molecular complexity index is 779. The fourth-order valence-corrected chi connectivity index (χ4v) is 3.67. The van der Waals surface area contributed by atoms with Gasteiger partial charge in [-0.3, -0.25) is 9.05 Å². The molecule has 148 valence electrons. The Balaban J connectivity index is 2.60. The van der Waals surface area contributed by atoms with Crippen LogP contribution in [0.25, 0.3) is 11.1 Å². The zero-order chi connectivity index (χ0) is 19.9. The highest BCUT2D eigenvalue weighted by atomic mass is 31.2. The van der Waals surface area contributed by atoms with Crippen molar-refractivity contribution in [2.45, 2.75) is 13.8 Å². The molecule has 0 aliphatic rings. The molecule has 0 aliphatic carbocycles. The lowest BCUT2D eigenvalue weighted by molar-refractivity contribution is 0.166. The van der Waals surface area contributed by atoms with Gasteiger partial charge in [0.2, 0.25) is 0 Å². The molecule has 0 amide bonds. The molecule has 8 heteroatoms. The Morgan fingerprint density at radius 2 is 1.41 bits per heavy atom. The van der Waals surface area contributed by atoms with E-state index in [0.717, 1.165) is 5.56 Å². The number of methoxy groups -OCH3 is 3. The predicted octanol–water partition coefficient (Wildman–Crippen LogP) is 4.94. The van der Waals surface area contributed by atoms with E-state index in [1.54, 1.807) is 40.2 Å². The fraction of sp³-hybridized carbons (Fsp3) is 0.368. The first kappa shape index (κ1) is 21.1. The number of benzene rings is 2. The van der Waals surface area contributed by atoms with Crippen molar-refractivity contribution in [3.8, 4) is 34.1 Å².